The van der Waals surface area contributed by atoms with Gasteiger partial charge in [0.1, 0.15) is 6.54 Å². The molecule has 1 saturated heterocycles. The fourth-order valence-electron chi connectivity index (χ4n) is 4.72. The van der Waals surface area contributed by atoms with Crippen LogP contribution in [0.2, 0.25) is 0 Å². The Labute approximate surface area is 196 Å². The predicted molar refractivity (Wildman–Crippen MR) is 114 cm³/mol. The van der Waals surface area contributed by atoms with Gasteiger partial charge < -0.3 is 4.52 Å². The fourth-order valence-corrected chi connectivity index (χ4v) is 4.72. The van der Waals surface area contributed by atoms with E-state index in [9.17, 15) is 22.8 Å². The number of carbonyl (C=O) groups is 2. The lowest BCUT2D eigenvalue weighted by Gasteiger charge is -2.19. The van der Waals surface area contributed by atoms with Crippen LogP contribution < -0.4 is 4.90 Å². The van der Waals surface area contributed by atoms with Gasteiger partial charge in [-0.15, -0.1) is 0 Å². The molecule has 35 heavy (non-hydrogen) atoms. The number of rotatable bonds is 4. The smallest absolute Gasteiger partial charge is 0.337 e. The molecule has 1 aromatic heterocycles. The van der Waals surface area contributed by atoms with Gasteiger partial charge in [0, 0.05) is 5.56 Å². The number of anilines is 1. The number of amides is 2. The number of hydrogen-bond acceptors (Lipinski definition) is 8. The Kier molecular flexibility index (Phi) is 4.73. The van der Waals surface area contributed by atoms with Crippen molar-refractivity contribution >= 4 is 17.5 Å². The van der Waals surface area contributed by atoms with Crippen molar-refractivity contribution in [1.29, 1.82) is 0 Å². The summed E-state index contributed by atoms with van der Waals surface area (Å²) in [5.74, 6) is -0.930. The van der Waals surface area contributed by atoms with Gasteiger partial charge in [0.25, 0.3) is 11.8 Å². The van der Waals surface area contributed by atoms with Gasteiger partial charge in [-0.3, -0.25) is 14.6 Å². The number of imide groups is 1. The summed E-state index contributed by atoms with van der Waals surface area (Å²) in [6.07, 6.45) is -1.57. The van der Waals surface area contributed by atoms with Crippen LogP contribution in [0.25, 0.3) is 11.4 Å². The highest BCUT2D eigenvalue weighted by Gasteiger charge is 2.55. The lowest BCUT2D eigenvalue weighted by molar-refractivity contribution is -0.137. The molecular weight excluding hydrogens is 465 g/mol. The van der Waals surface area contributed by atoms with Gasteiger partial charge in [-0.25, -0.2) is 4.90 Å². The molecule has 2 amide bonds. The van der Waals surface area contributed by atoms with E-state index in [1.54, 1.807) is 6.07 Å². The molecule has 0 spiro atoms. The number of hydrogen-bond donors (Lipinski definition) is 0. The first-order valence-corrected chi connectivity index (χ1v) is 11.0. The van der Waals surface area contributed by atoms with Gasteiger partial charge >= 0.3 is 6.18 Å². The van der Waals surface area contributed by atoms with Crippen LogP contribution in [-0.4, -0.2) is 39.0 Å². The van der Waals surface area contributed by atoms with Crippen LogP contribution in [0.3, 0.4) is 0 Å². The molecule has 3 aromatic rings. The molecule has 0 bridgehead atoms. The van der Waals surface area contributed by atoms with E-state index in [1.807, 2.05) is 12.1 Å². The lowest BCUT2D eigenvalue weighted by atomic mass is 10.1. The molecule has 0 radical (unpaired) electrons. The van der Waals surface area contributed by atoms with Gasteiger partial charge in [-0.2, -0.15) is 23.3 Å². The van der Waals surface area contributed by atoms with Crippen molar-refractivity contribution < 1.29 is 27.3 Å². The Morgan fingerprint density at radius 1 is 1.03 bits per heavy atom. The molecule has 0 N–H and O–H groups in total. The first kappa shape index (κ1) is 21.4. The summed E-state index contributed by atoms with van der Waals surface area (Å²) in [7, 11) is 0. The lowest BCUT2D eigenvalue weighted by Crippen LogP contribution is -2.39. The molecule has 1 fully saturated rings. The molecule has 178 valence electrons. The molecule has 2 atom stereocenters. The van der Waals surface area contributed by atoms with Gasteiger partial charge in [-0.05, 0) is 54.7 Å². The van der Waals surface area contributed by atoms with Crippen LogP contribution in [-0.2, 0) is 35.2 Å². The number of carbonyl (C=O) groups excluding carboxylic acids is 2. The van der Waals surface area contributed by atoms with Crippen LogP contribution in [0.15, 0.2) is 57.3 Å². The number of benzene rings is 2. The SMILES string of the molecule is O=C1C2N=NN(Cc3nc(-c4cccc(C(F)(F)F)c4)no3)C2C(=O)N1c1ccc2c(c1)CCC2. The summed E-state index contributed by atoms with van der Waals surface area (Å²) in [6, 6.07) is 8.20. The Morgan fingerprint density at radius 3 is 2.69 bits per heavy atom. The molecule has 9 nitrogen and oxygen atoms in total. The van der Waals surface area contributed by atoms with Crippen LogP contribution in [0.5, 0.6) is 0 Å². The molecule has 2 unspecified atom stereocenters. The first-order valence-electron chi connectivity index (χ1n) is 11.0. The summed E-state index contributed by atoms with van der Waals surface area (Å²) in [6.45, 7) is -0.131. The molecule has 3 heterocycles. The van der Waals surface area contributed by atoms with E-state index in [0.29, 0.717) is 5.69 Å². The molecule has 2 aromatic carbocycles. The van der Waals surface area contributed by atoms with Crippen molar-refractivity contribution in [2.24, 2.45) is 10.3 Å². The van der Waals surface area contributed by atoms with Crippen LogP contribution in [0.4, 0.5) is 18.9 Å². The maximum atomic E-state index is 13.2. The van der Waals surface area contributed by atoms with E-state index < -0.39 is 35.6 Å². The zero-order valence-corrected chi connectivity index (χ0v) is 18.1. The van der Waals surface area contributed by atoms with Crippen molar-refractivity contribution in [1.82, 2.24) is 15.1 Å². The molecule has 3 aliphatic rings. The van der Waals surface area contributed by atoms with E-state index in [0.717, 1.165) is 41.9 Å². The van der Waals surface area contributed by atoms with Crippen molar-refractivity contribution in [2.45, 2.75) is 44.1 Å². The fraction of sp³-hybridized carbons (Fsp3) is 0.304. The number of halogens is 3. The zero-order chi connectivity index (χ0) is 24.3. The number of alkyl halides is 3. The minimum Gasteiger partial charge on any atom is -0.337 e. The zero-order valence-electron chi connectivity index (χ0n) is 18.1. The Hall–Kier alpha value is -4.09. The quantitative estimate of drug-likeness (QED) is 0.525. The van der Waals surface area contributed by atoms with Crippen molar-refractivity contribution in [2.75, 3.05) is 4.90 Å². The highest BCUT2D eigenvalue weighted by atomic mass is 19.4. The topological polar surface area (TPSA) is 104 Å². The Balaban J connectivity index is 1.22. The molecule has 12 heteroatoms. The van der Waals surface area contributed by atoms with Crippen LogP contribution in [0.1, 0.15) is 29.0 Å². The third-order valence-electron chi connectivity index (χ3n) is 6.41. The monoisotopic (exact) mass is 482 g/mol. The van der Waals surface area contributed by atoms with E-state index in [2.05, 4.69) is 20.5 Å². The van der Waals surface area contributed by atoms with E-state index in [1.165, 1.54) is 22.7 Å². The van der Waals surface area contributed by atoms with Gasteiger partial charge in [-0.1, -0.05) is 28.6 Å². The summed E-state index contributed by atoms with van der Waals surface area (Å²) < 4.78 is 44.2. The van der Waals surface area contributed by atoms with E-state index >= 15 is 0 Å². The van der Waals surface area contributed by atoms with Crippen molar-refractivity contribution in [3.8, 4) is 11.4 Å². The first-order chi connectivity index (χ1) is 16.8. The molecular formula is C23H17F3N6O3. The highest BCUT2D eigenvalue weighted by molar-refractivity contribution is 6.25. The minimum absolute atomic E-state index is 0.0215. The summed E-state index contributed by atoms with van der Waals surface area (Å²) in [5.41, 5.74) is 2.16. The van der Waals surface area contributed by atoms with E-state index in [-0.39, 0.29) is 23.8 Å². The average molecular weight is 482 g/mol. The number of nitrogens with zero attached hydrogens (tertiary/aromatic N) is 6. The predicted octanol–water partition coefficient (Wildman–Crippen LogP) is 3.74. The Bertz CT molecular complexity index is 1380. The maximum absolute atomic E-state index is 13.2. The van der Waals surface area contributed by atoms with Gasteiger partial charge in [0.2, 0.25) is 11.7 Å². The third kappa shape index (κ3) is 3.56. The van der Waals surface area contributed by atoms with Crippen molar-refractivity contribution in [3.63, 3.8) is 0 Å². The van der Waals surface area contributed by atoms with Crippen molar-refractivity contribution in [3.05, 3.63) is 65.0 Å². The molecule has 2 aliphatic heterocycles. The standard InChI is InChI=1S/C23H17F3N6O3/c24-23(25,26)15-6-2-5-14(9-15)20-27-17(35-29-20)11-31-19-18(28-30-31)21(33)32(22(19)34)16-8-7-12-3-1-4-13(12)10-16/h2,5-10,18-19H,1,3-4,11H2. The van der Waals surface area contributed by atoms with Crippen LogP contribution in [0, 0.1) is 0 Å². The Morgan fingerprint density at radius 2 is 1.86 bits per heavy atom. The summed E-state index contributed by atoms with van der Waals surface area (Å²) >= 11 is 0. The molecule has 1 aliphatic carbocycles. The second-order valence-electron chi connectivity index (χ2n) is 8.60. The second kappa shape index (κ2) is 7.72. The van der Waals surface area contributed by atoms with Gasteiger partial charge in [0.15, 0.2) is 12.1 Å². The number of aromatic nitrogens is 2. The summed E-state index contributed by atoms with van der Waals surface area (Å²) in [5, 5.41) is 13.0. The third-order valence-corrected chi connectivity index (χ3v) is 6.41. The number of fused-ring (bicyclic) bond motifs is 2. The maximum Gasteiger partial charge on any atom is 0.416 e. The van der Waals surface area contributed by atoms with E-state index in [4.69, 9.17) is 4.52 Å². The molecule has 0 saturated carbocycles. The number of aryl methyl sites for hydroxylation is 2. The normalized spacial score (nSPS) is 21.2. The van der Waals surface area contributed by atoms with Gasteiger partial charge in [0.05, 0.1) is 11.3 Å². The highest BCUT2D eigenvalue weighted by Crippen LogP contribution is 2.35. The minimum atomic E-state index is -4.51. The summed E-state index contributed by atoms with van der Waals surface area (Å²) in [4.78, 5) is 31.5. The second-order valence-corrected chi connectivity index (χ2v) is 8.60. The largest absolute Gasteiger partial charge is 0.416 e. The van der Waals surface area contributed by atoms with Crippen LogP contribution >= 0.6 is 0 Å². The molecule has 6 rings (SSSR count). The average Bonchev–Trinajstić information content (AvgIpc) is 3.61.